The van der Waals surface area contributed by atoms with Crippen LogP contribution in [-0.4, -0.2) is 45.4 Å². The summed E-state index contributed by atoms with van der Waals surface area (Å²) in [7, 11) is 1.77. The molecule has 1 atom stereocenters. The maximum absolute atomic E-state index is 5.90. The number of aryl methyl sites for hydroxylation is 1. The Kier molecular flexibility index (Phi) is 10.1. The molecule has 0 spiro atoms. The number of nitrogens with one attached hydrogen (secondary N) is 2. The molecular weight excluding hydrogens is 417 g/mol. The summed E-state index contributed by atoms with van der Waals surface area (Å²) in [4.78, 5) is 4.21. The predicted octanol–water partition coefficient (Wildman–Crippen LogP) is 2.97. The monoisotopic (exact) mass is 447 g/mol. The summed E-state index contributed by atoms with van der Waals surface area (Å²) < 4.78 is 11.5. The number of guanidine groups is 1. The molecule has 1 aromatic carbocycles. The molecule has 0 aliphatic heterocycles. The summed E-state index contributed by atoms with van der Waals surface area (Å²) in [6.07, 6.45) is 2.71. The zero-order valence-corrected chi connectivity index (χ0v) is 17.2. The summed E-state index contributed by atoms with van der Waals surface area (Å²) in [5.41, 5.74) is 1.20. The second-order valence-electron chi connectivity index (χ2n) is 6.14. The van der Waals surface area contributed by atoms with Crippen LogP contribution in [0.2, 0.25) is 0 Å². The average molecular weight is 447 g/mol. The largest absolute Gasteiger partial charge is 0.489 e. The second-order valence-corrected chi connectivity index (χ2v) is 6.14. The topological polar surface area (TPSA) is 54.9 Å². The fourth-order valence-corrected chi connectivity index (χ4v) is 2.20. The first-order valence-electron chi connectivity index (χ1n) is 8.43. The average Bonchev–Trinajstić information content (AvgIpc) is 3.34. The van der Waals surface area contributed by atoms with Crippen molar-refractivity contribution in [3.8, 4) is 5.75 Å². The van der Waals surface area contributed by atoms with Gasteiger partial charge in [-0.05, 0) is 50.3 Å². The van der Waals surface area contributed by atoms with E-state index in [9.17, 15) is 0 Å². The molecular formula is C18H30IN3O2. The Morgan fingerprint density at radius 3 is 2.79 bits per heavy atom. The Hall–Kier alpha value is -1.02. The van der Waals surface area contributed by atoms with Gasteiger partial charge in [0.2, 0.25) is 0 Å². The summed E-state index contributed by atoms with van der Waals surface area (Å²) in [6, 6.07) is 8.09. The van der Waals surface area contributed by atoms with E-state index in [4.69, 9.17) is 9.47 Å². The first kappa shape index (κ1) is 21.0. The van der Waals surface area contributed by atoms with Gasteiger partial charge in [-0.15, -0.1) is 24.0 Å². The highest BCUT2D eigenvalue weighted by molar-refractivity contribution is 14.0. The van der Waals surface area contributed by atoms with E-state index < -0.39 is 0 Å². The number of ether oxygens (including phenoxy) is 2. The summed E-state index contributed by atoms with van der Waals surface area (Å²) >= 11 is 0. The van der Waals surface area contributed by atoms with Gasteiger partial charge in [-0.2, -0.15) is 0 Å². The van der Waals surface area contributed by atoms with Crippen LogP contribution < -0.4 is 15.4 Å². The molecule has 2 N–H and O–H groups in total. The van der Waals surface area contributed by atoms with Crippen LogP contribution >= 0.6 is 24.0 Å². The molecule has 1 aromatic rings. The predicted molar refractivity (Wildman–Crippen MR) is 110 cm³/mol. The van der Waals surface area contributed by atoms with Crippen LogP contribution in [0.25, 0.3) is 0 Å². The fraction of sp³-hybridized carbons (Fsp3) is 0.611. The number of hydrogen-bond acceptors (Lipinski definition) is 3. The third kappa shape index (κ3) is 8.73. The number of halogens is 1. The molecule has 0 amide bonds. The molecule has 1 fully saturated rings. The Morgan fingerprint density at radius 2 is 2.12 bits per heavy atom. The maximum atomic E-state index is 5.90. The lowest BCUT2D eigenvalue weighted by Gasteiger charge is -2.18. The van der Waals surface area contributed by atoms with Crippen LogP contribution in [0, 0.1) is 12.8 Å². The highest BCUT2D eigenvalue weighted by Crippen LogP contribution is 2.28. The van der Waals surface area contributed by atoms with Crippen molar-refractivity contribution in [3.63, 3.8) is 0 Å². The molecule has 6 heteroatoms. The van der Waals surface area contributed by atoms with Crippen LogP contribution in [0.15, 0.2) is 29.3 Å². The molecule has 0 saturated heterocycles. The van der Waals surface area contributed by atoms with E-state index >= 15 is 0 Å². The summed E-state index contributed by atoms with van der Waals surface area (Å²) in [5.74, 6) is 2.49. The fourth-order valence-electron chi connectivity index (χ4n) is 2.20. The number of aliphatic imine (C=N–C) groups is 1. The lowest BCUT2D eigenvalue weighted by Crippen LogP contribution is -2.42. The second kappa shape index (κ2) is 11.5. The van der Waals surface area contributed by atoms with E-state index in [1.807, 2.05) is 25.1 Å². The lowest BCUT2D eigenvalue weighted by molar-refractivity contribution is 0.129. The van der Waals surface area contributed by atoms with Gasteiger partial charge in [-0.3, -0.25) is 4.99 Å². The van der Waals surface area contributed by atoms with Crippen molar-refractivity contribution in [2.45, 2.75) is 32.8 Å². The van der Waals surface area contributed by atoms with Crippen molar-refractivity contribution in [2.24, 2.45) is 10.9 Å². The smallest absolute Gasteiger partial charge is 0.191 e. The van der Waals surface area contributed by atoms with Crippen LogP contribution in [0.5, 0.6) is 5.75 Å². The van der Waals surface area contributed by atoms with E-state index in [0.717, 1.165) is 30.8 Å². The van der Waals surface area contributed by atoms with E-state index in [-0.39, 0.29) is 30.1 Å². The standard InChI is InChI=1S/C18H29N3O2.HI/c1-14-5-4-6-17(11-14)23-15(2)12-21-18(19-3)20-9-10-22-13-16-7-8-16;/h4-6,11,15-16H,7-10,12-13H2,1-3H3,(H2,19,20,21);1H. The molecule has 136 valence electrons. The Morgan fingerprint density at radius 1 is 1.33 bits per heavy atom. The minimum absolute atomic E-state index is 0. The van der Waals surface area contributed by atoms with Crippen molar-refractivity contribution >= 4 is 29.9 Å². The van der Waals surface area contributed by atoms with Crippen LogP contribution in [0.4, 0.5) is 0 Å². The van der Waals surface area contributed by atoms with Crippen molar-refractivity contribution in [3.05, 3.63) is 29.8 Å². The first-order valence-corrected chi connectivity index (χ1v) is 8.43. The van der Waals surface area contributed by atoms with E-state index in [1.165, 1.54) is 18.4 Å². The number of benzene rings is 1. The number of hydrogen-bond donors (Lipinski definition) is 2. The third-order valence-corrected chi connectivity index (χ3v) is 3.70. The van der Waals surface area contributed by atoms with Crippen molar-refractivity contribution in [2.75, 3.05) is 33.4 Å². The molecule has 5 nitrogen and oxygen atoms in total. The van der Waals surface area contributed by atoms with Crippen LogP contribution in [0.1, 0.15) is 25.3 Å². The van der Waals surface area contributed by atoms with Gasteiger partial charge in [-0.1, -0.05) is 12.1 Å². The normalized spacial score (nSPS) is 15.4. The van der Waals surface area contributed by atoms with Crippen molar-refractivity contribution < 1.29 is 9.47 Å². The number of rotatable bonds is 9. The minimum atomic E-state index is 0. The molecule has 0 heterocycles. The zero-order valence-electron chi connectivity index (χ0n) is 14.9. The highest BCUT2D eigenvalue weighted by Gasteiger charge is 2.20. The van der Waals surface area contributed by atoms with Gasteiger partial charge in [-0.25, -0.2) is 0 Å². The SMILES string of the molecule is CN=C(NCCOCC1CC1)NCC(C)Oc1cccc(C)c1.I. The van der Waals surface area contributed by atoms with Gasteiger partial charge in [0.15, 0.2) is 5.96 Å². The van der Waals surface area contributed by atoms with E-state index in [2.05, 4.69) is 28.6 Å². The lowest BCUT2D eigenvalue weighted by atomic mass is 10.2. The molecule has 0 bridgehead atoms. The third-order valence-electron chi connectivity index (χ3n) is 3.70. The van der Waals surface area contributed by atoms with Crippen molar-refractivity contribution in [1.29, 1.82) is 0 Å². The van der Waals surface area contributed by atoms with Crippen LogP contribution in [-0.2, 0) is 4.74 Å². The van der Waals surface area contributed by atoms with Gasteiger partial charge in [0.1, 0.15) is 11.9 Å². The Bertz CT molecular complexity index is 507. The quantitative estimate of drug-likeness (QED) is 0.265. The van der Waals surface area contributed by atoms with E-state index in [1.54, 1.807) is 7.05 Å². The minimum Gasteiger partial charge on any atom is -0.489 e. The van der Waals surface area contributed by atoms with Gasteiger partial charge in [0.05, 0.1) is 13.2 Å². The molecule has 2 rings (SSSR count). The molecule has 1 aliphatic rings. The number of nitrogens with zero attached hydrogens (tertiary/aromatic N) is 1. The highest BCUT2D eigenvalue weighted by atomic mass is 127. The van der Waals surface area contributed by atoms with Gasteiger partial charge < -0.3 is 20.1 Å². The van der Waals surface area contributed by atoms with Gasteiger partial charge in [0, 0.05) is 20.2 Å². The molecule has 24 heavy (non-hydrogen) atoms. The van der Waals surface area contributed by atoms with Gasteiger partial charge >= 0.3 is 0 Å². The van der Waals surface area contributed by atoms with E-state index in [0.29, 0.717) is 13.2 Å². The molecule has 1 aliphatic carbocycles. The molecule has 0 aromatic heterocycles. The molecule has 0 radical (unpaired) electrons. The Balaban J connectivity index is 0.00000288. The molecule has 1 unspecified atom stereocenters. The maximum Gasteiger partial charge on any atom is 0.191 e. The zero-order chi connectivity index (χ0) is 16.5. The summed E-state index contributed by atoms with van der Waals surface area (Å²) in [6.45, 7) is 7.17. The van der Waals surface area contributed by atoms with Gasteiger partial charge in [0.25, 0.3) is 0 Å². The first-order chi connectivity index (χ1) is 11.2. The summed E-state index contributed by atoms with van der Waals surface area (Å²) in [5, 5.41) is 6.52. The van der Waals surface area contributed by atoms with Crippen LogP contribution in [0.3, 0.4) is 0 Å². The van der Waals surface area contributed by atoms with Crippen molar-refractivity contribution in [1.82, 2.24) is 10.6 Å². The Labute approximate surface area is 162 Å². The molecule has 1 saturated carbocycles.